The molecule has 1 saturated heterocycles. The third kappa shape index (κ3) is 4.31. The molecule has 21 heavy (non-hydrogen) atoms. The van der Waals surface area contributed by atoms with Crippen molar-refractivity contribution in [3.63, 3.8) is 0 Å². The Morgan fingerprint density at radius 1 is 1.29 bits per heavy atom. The number of piperazine rings is 1. The molecule has 2 nitrogen and oxygen atoms in total. The quantitative estimate of drug-likeness (QED) is 0.851. The van der Waals surface area contributed by atoms with Crippen LogP contribution in [0.5, 0.6) is 0 Å². The summed E-state index contributed by atoms with van der Waals surface area (Å²) in [5.74, 6) is 0.756. The number of benzene rings is 1. The van der Waals surface area contributed by atoms with E-state index in [0.717, 1.165) is 19.0 Å². The minimum absolute atomic E-state index is 0.645. The van der Waals surface area contributed by atoms with Crippen molar-refractivity contribution in [2.24, 2.45) is 5.92 Å². The molecule has 3 atom stereocenters. The molecule has 118 valence electrons. The van der Waals surface area contributed by atoms with Gasteiger partial charge >= 0.3 is 0 Å². The molecule has 1 aliphatic rings. The predicted molar refractivity (Wildman–Crippen MR) is 91.5 cm³/mol. The Hall–Kier alpha value is -0.860. The molecule has 0 saturated carbocycles. The van der Waals surface area contributed by atoms with Crippen molar-refractivity contribution in [3.05, 3.63) is 35.4 Å². The Morgan fingerprint density at radius 3 is 2.71 bits per heavy atom. The second-order valence-electron chi connectivity index (χ2n) is 6.70. The van der Waals surface area contributed by atoms with E-state index in [4.69, 9.17) is 0 Å². The second kappa shape index (κ2) is 7.95. The lowest BCUT2D eigenvalue weighted by Gasteiger charge is -2.42. The highest BCUT2D eigenvalue weighted by Gasteiger charge is 2.29. The Bertz CT molecular complexity index is 429. The topological polar surface area (TPSA) is 15.3 Å². The first-order chi connectivity index (χ1) is 10.2. The molecule has 0 amide bonds. The van der Waals surface area contributed by atoms with Gasteiger partial charge in [-0.15, -0.1) is 0 Å². The van der Waals surface area contributed by atoms with Crippen LogP contribution in [-0.4, -0.2) is 30.1 Å². The summed E-state index contributed by atoms with van der Waals surface area (Å²) >= 11 is 0. The van der Waals surface area contributed by atoms with E-state index in [1.165, 1.54) is 36.9 Å². The SMILES string of the molecule is CCCC1CNC(C(C)CC)CN1Cc1ccccc1C. The zero-order chi connectivity index (χ0) is 15.2. The van der Waals surface area contributed by atoms with Crippen molar-refractivity contribution < 1.29 is 0 Å². The summed E-state index contributed by atoms with van der Waals surface area (Å²) in [5, 5.41) is 3.79. The van der Waals surface area contributed by atoms with Gasteiger partial charge in [0.2, 0.25) is 0 Å². The zero-order valence-electron chi connectivity index (χ0n) is 14.2. The molecule has 0 spiro atoms. The molecule has 0 aliphatic carbocycles. The molecule has 1 aliphatic heterocycles. The van der Waals surface area contributed by atoms with Crippen molar-refractivity contribution in [1.82, 2.24) is 10.2 Å². The van der Waals surface area contributed by atoms with Crippen LogP contribution in [0.2, 0.25) is 0 Å². The molecule has 0 bridgehead atoms. The maximum atomic E-state index is 3.79. The van der Waals surface area contributed by atoms with Crippen LogP contribution >= 0.6 is 0 Å². The summed E-state index contributed by atoms with van der Waals surface area (Å²) in [6.07, 6.45) is 3.82. The van der Waals surface area contributed by atoms with Crippen LogP contribution in [0.15, 0.2) is 24.3 Å². The maximum absolute atomic E-state index is 3.79. The Morgan fingerprint density at radius 2 is 2.05 bits per heavy atom. The van der Waals surface area contributed by atoms with Crippen LogP contribution in [0.4, 0.5) is 0 Å². The van der Waals surface area contributed by atoms with Gasteiger partial charge in [0.15, 0.2) is 0 Å². The summed E-state index contributed by atoms with van der Waals surface area (Å²) in [4.78, 5) is 2.72. The summed E-state index contributed by atoms with van der Waals surface area (Å²) < 4.78 is 0. The third-order valence-corrected chi connectivity index (χ3v) is 5.15. The van der Waals surface area contributed by atoms with E-state index >= 15 is 0 Å². The van der Waals surface area contributed by atoms with Crippen LogP contribution in [0, 0.1) is 12.8 Å². The molecule has 1 aromatic carbocycles. The monoisotopic (exact) mass is 288 g/mol. The van der Waals surface area contributed by atoms with Crippen LogP contribution in [0.1, 0.15) is 51.2 Å². The highest BCUT2D eigenvalue weighted by atomic mass is 15.2. The standard InChI is InChI=1S/C19H32N2/c1-5-9-18-12-20-19(15(3)6-2)14-21(18)13-17-11-8-7-10-16(17)4/h7-8,10-11,15,18-20H,5-6,9,12-14H2,1-4H3. The van der Waals surface area contributed by atoms with Crippen molar-refractivity contribution in [1.29, 1.82) is 0 Å². The molecular weight excluding hydrogens is 256 g/mol. The minimum atomic E-state index is 0.645. The highest BCUT2D eigenvalue weighted by molar-refractivity contribution is 5.25. The lowest BCUT2D eigenvalue weighted by atomic mass is 9.93. The van der Waals surface area contributed by atoms with Crippen LogP contribution < -0.4 is 5.32 Å². The molecular formula is C19H32N2. The Labute approximate surface area is 130 Å². The van der Waals surface area contributed by atoms with Gasteiger partial charge in [0.25, 0.3) is 0 Å². The fraction of sp³-hybridized carbons (Fsp3) is 0.684. The highest BCUT2D eigenvalue weighted by Crippen LogP contribution is 2.21. The van der Waals surface area contributed by atoms with E-state index in [9.17, 15) is 0 Å². The molecule has 1 fully saturated rings. The lowest BCUT2D eigenvalue weighted by Crippen LogP contribution is -2.57. The van der Waals surface area contributed by atoms with Crippen LogP contribution in [0.3, 0.4) is 0 Å². The summed E-state index contributed by atoms with van der Waals surface area (Å²) in [7, 11) is 0. The Kier molecular flexibility index (Phi) is 6.25. The van der Waals surface area contributed by atoms with Crippen molar-refractivity contribution in [2.45, 2.75) is 65.6 Å². The summed E-state index contributed by atoms with van der Waals surface area (Å²) in [5.41, 5.74) is 2.91. The van der Waals surface area contributed by atoms with Gasteiger partial charge in [-0.1, -0.05) is 57.9 Å². The second-order valence-corrected chi connectivity index (χ2v) is 6.70. The number of hydrogen-bond acceptors (Lipinski definition) is 2. The molecule has 3 unspecified atom stereocenters. The number of nitrogens with one attached hydrogen (secondary N) is 1. The van der Waals surface area contributed by atoms with Crippen LogP contribution in [-0.2, 0) is 6.54 Å². The minimum Gasteiger partial charge on any atom is -0.311 e. The molecule has 1 N–H and O–H groups in total. The molecule has 0 radical (unpaired) electrons. The van der Waals surface area contributed by atoms with E-state index in [1.54, 1.807) is 0 Å². The number of hydrogen-bond donors (Lipinski definition) is 1. The van der Waals surface area contributed by atoms with Gasteiger partial charge in [0.05, 0.1) is 0 Å². The van der Waals surface area contributed by atoms with E-state index < -0.39 is 0 Å². The number of rotatable bonds is 6. The third-order valence-electron chi connectivity index (χ3n) is 5.15. The first-order valence-corrected chi connectivity index (χ1v) is 8.67. The van der Waals surface area contributed by atoms with Crippen molar-refractivity contribution >= 4 is 0 Å². The van der Waals surface area contributed by atoms with E-state index in [-0.39, 0.29) is 0 Å². The van der Waals surface area contributed by atoms with Crippen molar-refractivity contribution in [2.75, 3.05) is 13.1 Å². The van der Waals surface area contributed by atoms with E-state index in [2.05, 4.69) is 62.2 Å². The van der Waals surface area contributed by atoms with Gasteiger partial charge in [-0.25, -0.2) is 0 Å². The van der Waals surface area contributed by atoms with Gasteiger partial charge in [-0.2, -0.15) is 0 Å². The van der Waals surface area contributed by atoms with E-state index in [1.807, 2.05) is 0 Å². The average Bonchev–Trinajstić information content (AvgIpc) is 2.50. The molecule has 2 heteroatoms. The van der Waals surface area contributed by atoms with Crippen molar-refractivity contribution in [3.8, 4) is 0 Å². The summed E-state index contributed by atoms with van der Waals surface area (Å²) in [6, 6.07) is 10.2. The van der Waals surface area contributed by atoms with E-state index in [0.29, 0.717) is 12.1 Å². The smallest absolute Gasteiger partial charge is 0.0240 e. The number of aryl methyl sites for hydroxylation is 1. The van der Waals surface area contributed by atoms with Gasteiger partial charge in [-0.3, -0.25) is 4.90 Å². The Balaban J connectivity index is 2.08. The zero-order valence-corrected chi connectivity index (χ0v) is 14.2. The fourth-order valence-electron chi connectivity index (χ4n) is 3.37. The molecule has 1 aromatic rings. The largest absolute Gasteiger partial charge is 0.311 e. The maximum Gasteiger partial charge on any atom is 0.0240 e. The predicted octanol–water partition coefficient (Wildman–Crippen LogP) is 3.98. The average molecular weight is 288 g/mol. The van der Waals surface area contributed by atoms with Gasteiger partial charge < -0.3 is 5.32 Å². The van der Waals surface area contributed by atoms with Crippen LogP contribution in [0.25, 0.3) is 0 Å². The number of nitrogens with zero attached hydrogens (tertiary/aromatic N) is 1. The first-order valence-electron chi connectivity index (χ1n) is 8.67. The molecule has 0 aromatic heterocycles. The normalized spacial score (nSPS) is 25.0. The first kappa shape index (κ1) is 16.5. The van der Waals surface area contributed by atoms with Gasteiger partial charge in [0.1, 0.15) is 0 Å². The van der Waals surface area contributed by atoms with Gasteiger partial charge in [0, 0.05) is 31.7 Å². The fourth-order valence-corrected chi connectivity index (χ4v) is 3.37. The van der Waals surface area contributed by atoms with Gasteiger partial charge in [-0.05, 0) is 30.4 Å². The summed E-state index contributed by atoms with van der Waals surface area (Å²) in [6.45, 7) is 12.7. The molecule has 1 heterocycles. The lowest BCUT2D eigenvalue weighted by molar-refractivity contribution is 0.0958. The molecule has 2 rings (SSSR count).